The molecule has 0 saturated carbocycles. The highest BCUT2D eigenvalue weighted by atomic mass is 35.5. The fourth-order valence-corrected chi connectivity index (χ4v) is 3.76. The second-order valence-corrected chi connectivity index (χ2v) is 6.98. The summed E-state index contributed by atoms with van der Waals surface area (Å²) in [6, 6.07) is 5.61. The number of imidazole rings is 1. The number of rotatable bonds is 1. The fourth-order valence-electron chi connectivity index (χ4n) is 2.30. The van der Waals surface area contributed by atoms with Crippen LogP contribution in [0.25, 0.3) is 22.4 Å². The molecule has 3 aromatic rings. The third-order valence-corrected chi connectivity index (χ3v) is 4.75. The molecule has 108 valence electrons. The maximum Gasteiger partial charge on any atom is 0.163 e. The molecular weight excluding hydrogens is 331 g/mol. The maximum atomic E-state index is 6.18. The minimum absolute atomic E-state index is 0.619. The van der Waals surface area contributed by atoms with Crippen LogP contribution in [0.1, 0.15) is 6.42 Å². The number of hydrogen-bond donors (Lipinski definition) is 1. The van der Waals surface area contributed by atoms with Gasteiger partial charge in [0.05, 0.1) is 28.6 Å². The number of aromatic amines is 1. The number of nitrogens with one attached hydrogen (secondary N) is 1. The summed E-state index contributed by atoms with van der Waals surface area (Å²) in [5.41, 5.74) is 2.50. The molecule has 0 spiro atoms. The first-order valence-corrected chi connectivity index (χ1v) is 8.02. The van der Waals surface area contributed by atoms with Gasteiger partial charge in [-0.05, 0) is 6.07 Å². The summed E-state index contributed by atoms with van der Waals surface area (Å²) in [6.07, 6.45) is 0.879. The number of fused-ring (bicyclic) bond motifs is 2. The second-order valence-electron chi connectivity index (χ2n) is 4.69. The first-order valence-electron chi connectivity index (χ1n) is 6.45. The van der Waals surface area contributed by atoms with Crippen LogP contribution in [-0.4, -0.2) is 23.2 Å². The van der Waals surface area contributed by atoms with Gasteiger partial charge < -0.3 is 14.5 Å². The fraction of sp³-hybridized carbons (Fsp3) is 0.214. The molecule has 0 saturated heterocycles. The zero-order chi connectivity index (χ0) is 14.4. The van der Waals surface area contributed by atoms with Crippen LogP contribution in [0.15, 0.2) is 18.2 Å². The van der Waals surface area contributed by atoms with Crippen molar-refractivity contribution in [1.29, 1.82) is 0 Å². The molecule has 1 aliphatic heterocycles. The molecule has 4 rings (SSSR count). The van der Waals surface area contributed by atoms with E-state index in [1.807, 2.05) is 18.2 Å². The summed E-state index contributed by atoms with van der Waals surface area (Å²) in [6.45, 7) is 1.31. The largest absolute Gasteiger partial charge is 0.489 e. The quantitative estimate of drug-likeness (QED) is 0.694. The van der Waals surface area contributed by atoms with Crippen molar-refractivity contribution >= 4 is 45.6 Å². The lowest BCUT2D eigenvalue weighted by atomic mass is 10.3. The van der Waals surface area contributed by atoms with Gasteiger partial charge in [0.25, 0.3) is 0 Å². The van der Waals surface area contributed by atoms with Gasteiger partial charge in [-0.3, -0.25) is 0 Å². The van der Waals surface area contributed by atoms with Crippen molar-refractivity contribution in [2.45, 2.75) is 6.42 Å². The highest BCUT2D eigenvalue weighted by Gasteiger charge is 2.16. The zero-order valence-electron chi connectivity index (χ0n) is 10.8. The lowest BCUT2D eigenvalue weighted by Gasteiger charge is -2.05. The van der Waals surface area contributed by atoms with Crippen molar-refractivity contribution in [3.63, 3.8) is 0 Å². The van der Waals surface area contributed by atoms with Crippen LogP contribution < -0.4 is 9.47 Å². The number of ether oxygens (including phenoxy) is 2. The molecule has 2 aromatic heterocycles. The standard InChI is InChI=1S/C14H10Cl2N2O2S/c15-12-4-7(13(16)21-12)14-17-8-5-10-11(6-9(8)18-14)20-3-1-2-19-10/h4-6H,1-3H2,(H,17,18). The smallest absolute Gasteiger partial charge is 0.163 e. The Kier molecular flexibility index (Phi) is 3.21. The molecule has 0 bridgehead atoms. The van der Waals surface area contributed by atoms with E-state index < -0.39 is 0 Å². The molecule has 1 aliphatic rings. The van der Waals surface area contributed by atoms with E-state index in [2.05, 4.69) is 9.97 Å². The Bertz CT molecular complexity index is 785. The van der Waals surface area contributed by atoms with Crippen LogP contribution in [0.2, 0.25) is 8.67 Å². The third-order valence-electron chi connectivity index (χ3n) is 3.26. The molecule has 1 N–H and O–H groups in total. The predicted octanol–water partition coefficient (Wildman–Crippen LogP) is 4.76. The maximum absolute atomic E-state index is 6.18. The summed E-state index contributed by atoms with van der Waals surface area (Å²) in [4.78, 5) is 7.82. The molecule has 21 heavy (non-hydrogen) atoms. The van der Waals surface area contributed by atoms with E-state index in [1.165, 1.54) is 11.3 Å². The summed E-state index contributed by atoms with van der Waals surface area (Å²) in [5, 5.41) is 0. The number of benzene rings is 1. The van der Waals surface area contributed by atoms with E-state index in [9.17, 15) is 0 Å². The molecule has 1 aromatic carbocycles. The van der Waals surface area contributed by atoms with Crippen LogP contribution in [-0.2, 0) is 0 Å². The van der Waals surface area contributed by atoms with E-state index in [0.717, 1.165) is 34.5 Å². The minimum Gasteiger partial charge on any atom is -0.489 e. The van der Waals surface area contributed by atoms with Crippen LogP contribution in [0.5, 0.6) is 11.5 Å². The molecule has 0 atom stereocenters. The second kappa shape index (κ2) is 5.09. The van der Waals surface area contributed by atoms with Gasteiger partial charge in [0, 0.05) is 24.1 Å². The molecule has 7 heteroatoms. The van der Waals surface area contributed by atoms with Crippen molar-refractivity contribution in [3.05, 3.63) is 26.9 Å². The third kappa shape index (κ3) is 2.35. The minimum atomic E-state index is 0.619. The van der Waals surface area contributed by atoms with Crippen LogP contribution in [0.4, 0.5) is 0 Å². The van der Waals surface area contributed by atoms with E-state index >= 15 is 0 Å². The molecule has 0 amide bonds. The Morgan fingerprint density at radius 3 is 2.57 bits per heavy atom. The number of H-pyrrole nitrogens is 1. The lowest BCUT2D eigenvalue weighted by Crippen LogP contribution is -1.97. The molecule has 0 fully saturated rings. The molecule has 3 heterocycles. The predicted molar refractivity (Wildman–Crippen MR) is 85.0 cm³/mol. The zero-order valence-corrected chi connectivity index (χ0v) is 13.1. The van der Waals surface area contributed by atoms with Gasteiger partial charge in [-0.1, -0.05) is 23.2 Å². The summed E-state index contributed by atoms with van der Waals surface area (Å²) >= 11 is 13.5. The van der Waals surface area contributed by atoms with Crippen LogP contribution in [0.3, 0.4) is 0 Å². The van der Waals surface area contributed by atoms with Crippen LogP contribution in [0, 0.1) is 0 Å². The number of aromatic nitrogens is 2. The first-order chi connectivity index (χ1) is 10.2. The van der Waals surface area contributed by atoms with Crippen molar-refractivity contribution in [1.82, 2.24) is 9.97 Å². The molecular formula is C14H10Cl2N2O2S. The molecule has 0 aliphatic carbocycles. The van der Waals surface area contributed by atoms with Gasteiger partial charge in [0.2, 0.25) is 0 Å². The Labute approximate surface area is 134 Å². The van der Waals surface area contributed by atoms with Gasteiger partial charge in [0.15, 0.2) is 11.5 Å². The average Bonchev–Trinajstić information content (AvgIpc) is 2.91. The Morgan fingerprint density at radius 1 is 1.10 bits per heavy atom. The topological polar surface area (TPSA) is 47.1 Å². The molecule has 0 radical (unpaired) electrons. The summed E-state index contributed by atoms with van der Waals surface area (Å²) < 4.78 is 12.6. The lowest BCUT2D eigenvalue weighted by molar-refractivity contribution is 0.297. The van der Waals surface area contributed by atoms with E-state index in [4.69, 9.17) is 32.7 Å². The Morgan fingerprint density at radius 2 is 1.86 bits per heavy atom. The first kappa shape index (κ1) is 13.2. The molecule has 0 unspecified atom stereocenters. The SMILES string of the molecule is Clc1cc(-c2nc3cc4c(cc3[nH]2)OCCCO4)c(Cl)s1. The van der Waals surface area contributed by atoms with Crippen molar-refractivity contribution in [3.8, 4) is 22.9 Å². The number of nitrogens with zero attached hydrogens (tertiary/aromatic N) is 1. The van der Waals surface area contributed by atoms with Gasteiger partial charge in [-0.15, -0.1) is 11.3 Å². The highest BCUT2D eigenvalue weighted by molar-refractivity contribution is 7.20. The van der Waals surface area contributed by atoms with E-state index in [1.54, 1.807) is 0 Å². The van der Waals surface area contributed by atoms with Gasteiger partial charge in [-0.2, -0.15) is 0 Å². The van der Waals surface area contributed by atoms with Crippen LogP contribution >= 0.6 is 34.5 Å². The monoisotopic (exact) mass is 340 g/mol. The summed E-state index contributed by atoms with van der Waals surface area (Å²) in [7, 11) is 0. The summed E-state index contributed by atoms with van der Waals surface area (Å²) in [5.74, 6) is 2.16. The number of halogens is 2. The Balaban J connectivity index is 1.85. The van der Waals surface area contributed by atoms with E-state index in [0.29, 0.717) is 27.7 Å². The molecule has 4 nitrogen and oxygen atoms in total. The number of hydrogen-bond acceptors (Lipinski definition) is 4. The normalized spacial score (nSPS) is 14.4. The number of thiophene rings is 1. The Hall–Kier alpha value is -1.43. The highest BCUT2D eigenvalue weighted by Crippen LogP contribution is 2.39. The average molecular weight is 341 g/mol. The van der Waals surface area contributed by atoms with Gasteiger partial charge in [0.1, 0.15) is 10.2 Å². The van der Waals surface area contributed by atoms with Gasteiger partial charge >= 0.3 is 0 Å². The van der Waals surface area contributed by atoms with E-state index in [-0.39, 0.29) is 0 Å². The van der Waals surface area contributed by atoms with Crippen molar-refractivity contribution < 1.29 is 9.47 Å². The van der Waals surface area contributed by atoms with Gasteiger partial charge in [-0.25, -0.2) is 4.98 Å². The van der Waals surface area contributed by atoms with Crippen molar-refractivity contribution in [2.24, 2.45) is 0 Å². The van der Waals surface area contributed by atoms with Crippen molar-refractivity contribution in [2.75, 3.05) is 13.2 Å².